The van der Waals surface area contributed by atoms with Crippen LogP contribution in [0.3, 0.4) is 0 Å². The van der Waals surface area contributed by atoms with Crippen LogP contribution in [0.2, 0.25) is 5.02 Å². The molecule has 22 heavy (non-hydrogen) atoms. The Bertz CT molecular complexity index is 694. The molecule has 7 heteroatoms. The second-order valence-corrected chi connectivity index (χ2v) is 4.96. The number of hydrogen-bond donors (Lipinski definition) is 2. The highest BCUT2D eigenvalue weighted by Crippen LogP contribution is 2.23. The van der Waals surface area contributed by atoms with E-state index < -0.39 is 23.7 Å². The third kappa shape index (κ3) is 4.02. The first-order valence-corrected chi connectivity index (χ1v) is 6.82. The second kappa shape index (κ2) is 7.00. The van der Waals surface area contributed by atoms with Crippen molar-refractivity contribution in [2.24, 2.45) is 0 Å². The number of amides is 2. The van der Waals surface area contributed by atoms with Gasteiger partial charge in [-0.3, -0.25) is 14.6 Å². The summed E-state index contributed by atoms with van der Waals surface area (Å²) in [6.45, 7) is 1.65. The summed E-state index contributed by atoms with van der Waals surface area (Å²) in [5.74, 6) is -2.11. The van der Waals surface area contributed by atoms with Gasteiger partial charge in [-0.05, 0) is 36.8 Å². The largest absolute Gasteiger partial charge is 0.341 e. The lowest BCUT2D eigenvalue weighted by Gasteiger charge is -2.15. The Labute approximate surface area is 131 Å². The van der Waals surface area contributed by atoms with Gasteiger partial charge in [0.15, 0.2) is 0 Å². The van der Waals surface area contributed by atoms with Crippen LogP contribution < -0.4 is 10.6 Å². The van der Waals surface area contributed by atoms with E-state index in [9.17, 15) is 14.0 Å². The Balaban J connectivity index is 2.00. The van der Waals surface area contributed by atoms with Crippen LogP contribution in [0.15, 0.2) is 42.7 Å². The van der Waals surface area contributed by atoms with Crippen LogP contribution in [-0.4, -0.2) is 16.8 Å². The lowest BCUT2D eigenvalue weighted by atomic mass is 10.1. The molecule has 2 amide bonds. The third-order valence-electron chi connectivity index (χ3n) is 2.90. The van der Waals surface area contributed by atoms with Gasteiger partial charge in [0.25, 0.3) is 0 Å². The highest BCUT2D eigenvalue weighted by atomic mass is 35.5. The molecule has 1 heterocycles. The normalized spacial score (nSPS) is 11.6. The highest BCUT2D eigenvalue weighted by Gasteiger charge is 2.18. The third-order valence-corrected chi connectivity index (χ3v) is 3.23. The molecule has 1 atom stereocenters. The van der Waals surface area contributed by atoms with Crippen molar-refractivity contribution in [3.05, 3.63) is 59.1 Å². The molecule has 114 valence electrons. The summed E-state index contributed by atoms with van der Waals surface area (Å²) in [4.78, 5) is 27.4. The van der Waals surface area contributed by atoms with E-state index in [1.807, 2.05) is 0 Å². The second-order valence-electron chi connectivity index (χ2n) is 4.56. The molecule has 1 aromatic heterocycles. The van der Waals surface area contributed by atoms with Crippen molar-refractivity contribution in [1.82, 2.24) is 10.3 Å². The van der Waals surface area contributed by atoms with Crippen molar-refractivity contribution in [3.8, 4) is 0 Å². The average molecular weight is 322 g/mol. The number of aromatic nitrogens is 1. The van der Waals surface area contributed by atoms with Crippen molar-refractivity contribution in [2.75, 3.05) is 5.32 Å². The fourth-order valence-electron chi connectivity index (χ4n) is 1.82. The van der Waals surface area contributed by atoms with E-state index in [1.54, 1.807) is 25.3 Å². The quantitative estimate of drug-likeness (QED) is 0.854. The van der Waals surface area contributed by atoms with E-state index in [2.05, 4.69) is 15.6 Å². The molecule has 0 radical (unpaired) electrons. The molecule has 2 N–H and O–H groups in total. The number of halogens is 2. The monoisotopic (exact) mass is 321 g/mol. The number of anilines is 1. The van der Waals surface area contributed by atoms with E-state index in [4.69, 9.17) is 11.6 Å². The van der Waals surface area contributed by atoms with Crippen LogP contribution >= 0.6 is 11.6 Å². The van der Waals surface area contributed by atoms with Crippen LogP contribution in [0, 0.1) is 5.82 Å². The lowest BCUT2D eigenvalue weighted by Crippen LogP contribution is -2.37. The minimum atomic E-state index is -0.822. The van der Waals surface area contributed by atoms with Gasteiger partial charge in [-0.15, -0.1) is 0 Å². The minimum Gasteiger partial charge on any atom is -0.341 e. The Kier molecular flexibility index (Phi) is 5.06. The van der Waals surface area contributed by atoms with Gasteiger partial charge in [-0.25, -0.2) is 4.39 Å². The first-order chi connectivity index (χ1) is 10.5. The van der Waals surface area contributed by atoms with Crippen LogP contribution in [-0.2, 0) is 9.59 Å². The molecule has 0 aliphatic carbocycles. The molecular formula is C15H13ClFN3O2. The standard InChI is InChI=1S/C15H13ClFN3O2/c1-9(12-5-4-10(17)7-13(12)16)19-14(21)15(22)20-11-3-2-6-18-8-11/h2-9H,1H3,(H,19,21)(H,20,22)/t9-/m0/s1. The predicted octanol–water partition coefficient (Wildman–Crippen LogP) is 2.69. The van der Waals surface area contributed by atoms with Gasteiger partial charge in [0.1, 0.15) is 5.82 Å². The topological polar surface area (TPSA) is 71.1 Å². The number of nitrogens with zero attached hydrogens (tertiary/aromatic N) is 1. The number of pyridine rings is 1. The minimum absolute atomic E-state index is 0.181. The van der Waals surface area contributed by atoms with Gasteiger partial charge < -0.3 is 10.6 Å². The SMILES string of the molecule is C[C@H](NC(=O)C(=O)Nc1cccnc1)c1ccc(F)cc1Cl. The molecule has 0 saturated carbocycles. The van der Waals surface area contributed by atoms with Gasteiger partial charge in [-0.2, -0.15) is 0 Å². The molecule has 0 unspecified atom stereocenters. The summed E-state index contributed by atoms with van der Waals surface area (Å²) in [6.07, 6.45) is 2.97. The summed E-state index contributed by atoms with van der Waals surface area (Å²) in [7, 11) is 0. The van der Waals surface area contributed by atoms with Crippen molar-refractivity contribution in [3.63, 3.8) is 0 Å². The fraction of sp³-hybridized carbons (Fsp3) is 0.133. The van der Waals surface area contributed by atoms with Crippen LogP contribution in [0.1, 0.15) is 18.5 Å². The number of benzene rings is 1. The summed E-state index contributed by atoms with van der Waals surface area (Å²) in [5, 5.41) is 5.09. The first kappa shape index (κ1) is 15.9. The van der Waals surface area contributed by atoms with Gasteiger partial charge in [-0.1, -0.05) is 17.7 Å². The Morgan fingerprint density at radius 2 is 2.05 bits per heavy atom. The van der Waals surface area contributed by atoms with Gasteiger partial charge in [0.05, 0.1) is 17.9 Å². The van der Waals surface area contributed by atoms with E-state index in [0.29, 0.717) is 11.3 Å². The maximum absolute atomic E-state index is 13.0. The summed E-state index contributed by atoms with van der Waals surface area (Å²) >= 11 is 5.92. The van der Waals surface area contributed by atoms with Crippen LogP contribution in [0.25, 0.3) is 0 Å². The zero-order valence-corrected chi connectivity index (χ0v) is 12.4. The molecule has 0 saturated heterocycles. The zero-order valence-electron chi connectivity index (χ0n) is 11.6. The highest BCUT2D eigenvalue weighted by molar-refractivity contribution is 6.39. The molecule has 2 aromatic rings. The zero-order chi connectivity index (χ0) is 16.1. The molecule has 0 aliphatic heterocycles. The molecule has 0 spiro atoms. The van der Waals surface area contributed by atoms with E-state index >= 15 is 0 Å². The molecule has 0 aliphatic rings. The number of carbonyl (C=O) groups excluding carboxylic acids is 2. The average Bonchev–Trinajstić information content (AvgIpc) is 2.47. The Morgan fingerprint density at radius 3 is 2.68 bits per heavy atom. The van der Waals surface area contributed by atoms with Crippen molar-refractivity contribution >= 4 is 29.1 Å². The smallest absolute Gasteiger partial charge is 0.313 e. The van der Waals surface area contributed by atoms with Crippen molar-refractivity contribution in [2.45, 2.75) is 13.0 Å². The summed E-state index contributed by atoms with van der Waals surface area (Å²) in [5.41, 5.74) is 0.931. The molecule has 5 nitrogen and oxygen atoms in total. The maximum Gasteiger partial charge on any atom is 0.313 e. The molecule has 1 aromatic carbocycles. The van der Waals surface area contributed by atoms with Crippen molar-refractivity contribution < 1.29 is 14.0 Å². The van der Waals surface area contributed by atoms with Crippen LogP contribution in [0.4, 0.5) is 10.1 Å². The number of nitrogens with one attached hydrogen (secondary N) is 2. The lowest BCUT2D eigenvalue weighted by molar-refractivity contribution is -0.136. The van der Waals surface area contributed by atoms with Crippen molar-refractivity contribution in [1.29, 1.82) is 0 Å². The van der Waals surface area contributed by atoms with Gasteiger partial charge in [0, 0.05) is 11.2 Å². The van der Waals surface area contributed by atoms with E-state index in [-0.39, 0.29) is 5.02 Å². The maximum atomic E-state index is 13.0. The van der Waals surface area contributed by atoms with Crippen LogP contribution in [0.5, 0.6) is 0 Å². The van der Waals surface area contributed by atoms with Gasteiger partial charge in [0.2, 0.25) is 0 Å². The summed E-state index contributed by atoms with van der Waals surface area (Å²) < 4.78 is 13.0. The number of rotatable bonds is 3. The number of carbonyl (C=O) groups is 2. The first-order valence-electron chi connectivity index (χ1n) is 6.44. The predicted molar refractivity (Wildman–Crippen MR) is 80.8 cm³/mol. The van der Waals surface area contributed by atoms with E-state index in [0.717, 1.165) is 6.07 Å². The fourth-order valence-corrected chi connectivity index (χ4v) is 2.15. The molecule has 2 rings (SSSR count). The Hall–Kier alpha value is -2.47. The molecular weight excluding hydrogens is 309 g/mol. The van der Waals surface area contributed by atoms with E-state index in [1.165, 1.54) is 18.3 Å². The number of hydrogen-bond acceptors (Lipinski definition) is 3. The summed E-state index contributed by atoms with van der Waals surface area (Å²) in [6, 6.07) is 6.55. The molecule has 0 fully saturated rings. The Morgan fingerprint density at radius 1 is 1.27 bits per heavy atom. The van der Waals surface area contributed by atoms with Gasteiger partial charge >= 0.3 is 11.8 Å². The molecule has 0 bridgehead atoms.